The number of carbonyl (C=O) groups excluding carboxylic acids is 1. The van der Waals surface area contributed by atoms with Crippen molar-refractivity contribution < 1.29 is 30.0 Å². The van der Waals surface area contributed by atoms with Crippen LogP contribution < -0.4 is 5.32 Å². The lowest BCUT2D eigenvalue weighted by atomic mass is 9.99. The van der Waals surface area contributed by atoms with Gasteiger partial charge in [-0.25, -0.2) is 4.79 Å². The van der Waals surface area contributed by atoms with Crippen molar-refractivity contribution in [1.82, 2.24) is 10.3 Å². The lowest BCUT2D eigenvalue weighted by Gasteiger charge is -2.38. The van der Waals surface area contributed by atoms with Crippen LogP contribution in [0, 0.1) is 4.91 Å². The van der Waals surface area contributed by atoms with Gasteiger partial charge in [-0.15, -0.1) is 16.5 Å². The summed E-state index contributed by atoms with van der Waals surface area (Å²) in [4.78, 5) is 21.9. The fourth-order valence-corrected chi connectivity index (χ4v) is 1.80. The van der Waals surface area contributed by atoms with Crippen molar-refractivity contribution in [3.63, 3.8) is 0 Å². The van der Waals surface area contributed by atoms with Crippen LogP contribution in [-0.2, 0) is 4.74 Å². The van der Waals surface area contributed by atoms with E-state index in [1.807, 2.05) is 0 Å². The Hall–Kier alpha value is -1.04. The molecule has 1 heterocycles. The summed E-state index contributed by atoms with van der Waals surface area (Å²) in [5, 5.41) is 42.8. The van der Waals surface area contributed by atoms with E-state index >= 15 is 0 Å². The Morgan fingerprint density at radius 1 is 1.25 bits per heavy atom. The van der Waals surface area contributed by atoms with Gasteiger partial charge in [-0.05, 0) is 0 Å². The van der Waals surface area contributed by atoms with E-state index in [-0.39, 0.29) is 19.0 Å². The zero-order chi connectivity index (χ0) is 15.3. The number of rotatable bonds is 5. The summed E-state index contributed by atoms with van der Waals surface area (Å²) in [5.74, 6) is 0.00529. The molecule has 10 nitrogen and oxygen atoms in total. The summed E-state index contributed by atoms with van der Waals surface area (Å²) >= 11 is 5.37. The number of nitrogens with zero attached hydrogens (tertiary/aromatic N) is 2. The Kier molecular flexibility index (Phi) is 6.52. The highest BCUT2D eigenvalue weighted by molar-refractivity contribution is 6.18. The standard InChI is InChI=1S/C9H16ClN3O7/c10-1-2-13(12-19)9(18)11-3-4-5(14)6(15)7(16)8(17)20-4/h4-8,14-17H,1-3H2,(H,11,18)/t4-,5-,6+,7-,8+/m1/s1. The molecule has 1 aliphatic heterocycles. The second-order valence-corrected chi connectivity index (χ2v) is 4.49. The number of hydrogen-bond donors (Lipinski definition) is 5. The summed E-state index contributed by atoms with van der Waals surface area (Å²) in [7, 11) is 0. The molecular formula is C9H16ClN3O7. The van der Waals surface area contributed by atoms with E-state index in [4.69, 9.17) is 16.3 Å². The van der Waals surface area contributed by atoms with Crippen LogP contribution in [-0.4, -0.2) is 81.1 Å². The minimum absolute atomic E-state index is 0.00529. The molecule has 0 spiro atoms. The summed E-state index contributed by atoms with van der Waals surface area (Å²) in [6, 6.07) is -0.869. The third-order valence-corrected chi connectivity index (χ3v) is 2.94. The number of carbonyl (C=O) groups is 1. The number of halogens is 1. The van der Waals surface area contributed by atoms with E-state index in [1.165, 1.54) is 0 Å². The third-order valence-electron chi connectivity index (χ3n) is 2.77. The van der Waals surface area contributed by atoms with Gasteiger partial charge in [-0.2, -0.15) is 5.01 Å². The van der Waals surface area contributed by atoms with Crippen LogP contribution in [0.3, 0.4) is 0 Å². The van der Waals surface area contributed by atoms with Gasteiger partial charge in [-0.1, -0.05) is 0 Å². The summed E-state index contributed by atoms with van der Waals surface area (Å²) in [5.41, 5.74) is 0. The number of urea groups is 1. The molecule has 0 aromatic carbocycles. The Balaban J connectivity index is 2.52. The van der Waals surface area contributed by atoms with Crippen LogP contribution in [0.25, 0.3) is 0 Å². The molecule has 11 heteroatoms. The highest BCUT2D eigenvalue weighted by Crippen LogP contribution is 2.19. The van der Waals surface area contributed by atoms with E-state index in [9.17, 15) is 30.1 Å². The first kappa shape index (κ1) is 17.0. The Morgan fingerprint density at radius 3 is 2.45 bits per heavy atom. The minimum atomic E-state index is -1.70. The van der Waals surface area contributed by atoms with Crippen LogP contribution >= 0.6 is 11.6 Å². The molecule has 0 aromatic rings. The smallest absolute Gasteiger partial charge is 0.340 e. The number of alkyl halides is 1. The molecule has 0 saturated carbocycles. The van der Waals surface area contributed by atoms with Crippen molar-refractivity contribution >= 4 is 17.6 Å². The maximum atomic E-state index is 11.5. The molecule has 0 radical (unpaired) electrons. The van der Waals surface area contributed by atoms with Crippen LogP contribution in [0.5, 0.6) is 0 Å². The van der Waals surface area contributed by atoms with Crippen molar-refractivity contribution in [2.75, 3.05) is 19.0 Å². The van der Waals surface area contributed by atoms with Gasteiger partial charge in [0.15, 0.2) is 6.29 Å². The molecule has 2 amide bonds. The van der Waals surface area contributed by atoms with Crippen LogP contribution in [0.2, 0.25) is 0 Å². The molecule has 1 aliphatic rings. The number of amides is 2. The van der Waals surface area contributed by atoms with Crippen molar-refractivity contribution in [2.45, 2.75) is 30.7 Å². The van der Waals surface area contributed by atoms with Crippen molar-refractivity contribution in [3.05, 3.63) is 4.91 Å². The van der Waals surface area contributed by atoms with E-state index in [0.29, 0.717) is 5.01 Å². The second kappa shape index (κ2) is 7.67. The summed E-state index contributed by atoms with van der Waals surface area (Å²) in [6.07, 6.45) is -7.64. The lowest BCUT2D eigenvalue weighted by molar-refractivity contribution is -0.279. The van der Waals surface area contributed by atoms with Gasteiger partial charge in [0.1, 0.15) is 24.4 Å². The van der Waals surface area contributed by atoms with E-state index in [0.717, 1.165) is 0 Å². The Labute approximate surface area is 118 Å². The third kappa shape index (κ3) is 3.98. The molecule has 5 N–H and O–H groups in total. The van der Waals surface area contributed by atoms with Crippen LogP contribution in [0.4, 0.5) is 4.79 Å². The first-order valence-corrected chi connectivity index (χ1v) is 6.28. The number of nitrogens with one attached hydrogen (secondary N) is 1. The second-order valence-electron chi connectivity index (χ2n) is 4.12. The largest absolute Gasteiger partial charge is 0.388 e. The van der Waals surface area contributed by atoms with Gasteiger partial charge in [0.2, 0.25) is 0 Å². The van der Waals surface area contributed by atoms with Crippen molar-refractivity contribution in [1.29, 1.82) is 0 Å². The van der Waals surface area contributed by atoms with Crippen molar-refractivity contribution in [2.24, 2.45) is 5.29 Å². The predicted octanol–water partition coefficient (Wildman–Crippen LogP) is -2.28. The summed E-state index contributed by atoms with van der Waals surface area (Å²) < 4.78 is 4.83. The monoisotopic (exact) mass is 313 g/mol. The summed E-state index contributed by atoms with van der Waals surface area (Å²) in [6.45, 7) is -0.413. The predicted molar refractivity (Wildman–Crippen MR) is 65.5 cm³/mol. The fraction of sp³-hybridized carbons (Fsp3) is 0.889. The molecule has 20 heavy (non-hydrogen) atoms. The fourth-order valence-electron chi connectivity index (χ4n) is 1.64. The molecule has 116 valence electrons. The topological polar surface area (TPSA) is 152 Å². The molecule has 1 fully saturated rings. The van der Waals surface area contributed by atoms with E-state index < -0.39 is 36.7 Å². The minimum Gasteiger partial charge on any atom is -0.388 e. The van der Waals surface area contributed by atoms with Crippen LogP contribution in [0.15, 0.2) is 5.29 Å². The van der Waals surface area contributed by atoms with Gasteiger partial charge in [0.05, 0.1) is 11.8 Å². The molecule has 0 aromatic heterocycles. The number of aliphatic hydroxyl groups excluding tert-OH is 4. The van der Waals surface area contributed by atoms with Gasteiger partial charge >= 0.3 is 6.03 Å². The van der Waals surface area contributed by atoms with Gasteiger partial charge < -0.3 is 30.5 Å². The average molecular weight is 314 g/mol. The maximum absolute atomic E-state index is 11.5. The quantitative estimate of drug-likeness (QED) is 0.218. The average Bonchev–Trinajstić information content (AvgIpc) is 2.44. The molecule has 1 rings (SSSR count). The van der Waals surface area contributed by atoms with E-state index in [2.05, 4.69) is 10.6 Å². The van der Waals surface area contributed by atoms with Gasteiger partial charge in [-0.3, -0.25) is 0 Å². The zero-order valence-corrected chi connectivity index (χ0v) is 11.0. The Bertz CT molecular complexity index is 348. The molecule has 0 unspecified atom stereocenters. The maximum Gasteiger partial charge on any atom is 0.340 e. The molecular weight excluding hydrogens is 298 g/mol. The number of hydrogen-bond acceptors (Lipinski definition) is 8. The van der Waals surface area contributed by atoms with E-state index in [1.54, 1.807) is 0 Å². The zero-order valence-electron chi connectivity index (χ0n) is 10.3. The molecule has 0 bridgehead atoms. The van der Waals surface area contributed by atoms with Gasteiger partial charge in [0, 0.05) is 12.4 Å². The Morgan fingerprint density at radius 2 is 1.90 bits per heavy atom. The first-order chi connectivity index (χ1) is 9.42. The number of ether oxygens (including phenoxy) is 1. The highest BCUT2D eigenvalue weighted by atomic mass is 35.5. The molecule has 5 atom stereocenters. The number of nitroso groups, excluding NO2 is 1. The molecule has 0 aliphatic carbocycles. The van der Waals surface area contributed by atoms with Crippen molar-refractivity contribution in [3.8, 4) is 0 Å². The normalized spacial score (nSPS) is 33.5. The molecule has 1 saturated heterocycles. The number of aliphatic hydroxyl groups is 4. The van der Waals surface area contributed by atoms with Crippen LogP contribution in [0.1, 0.15) is 0 Å². The first-order valence-electron chi connectivity index (χ1n) is 5.74. The highest BCUT2D eigenvalue weighted by Gasteiger charge is 2.43. The van der Waals surface area contributed by atoms with Gasteiger partial charge in [0.25, 0.3) is 0 Å². The lowest BCUT2D eigenvalue weighted by Crippen LogP contribution is -2.60. The SMILES string of the molecule is O=NN(CCCl)C(=O)NC[C@H]1O[C@H](O)[C@H](O)[C@@H](O)[C@@H]1O.